The summed E-state index contributed by atoms with van der Waals surface area (Å²) in [5.41, 5.74) is 0. The zero-order valence-electron chi connectivity index (χ0n) is 15.1. The Morgan fingerprint density at radius 1 is 1.15 bits per heavy atom. The second kappa shape index (κ2) is 8.64. The van der Waals surface area contributed by atoms with E-state index in [0.29, 0.717) is 44.1 Å². The maximum Gasteiger partial charge on any atom is 0.264 e. The molecule has 3 heterocycles. The first-order valence-electron chi connectivity index (χ1n) is 9.16. The molecular weight excluding hydrogens is 352 g/mol. The molecule has 1 atom stereocenters. The molecule has 3 amide bonds. The predicted molar refractivity (Wildman–Crippen MR) is 100 cm³/mol. The van der Waals surface area contributed by atoms with Gasteiger partial charge in [-0.1, -0.05) is 6.07 Å². The number of amides is 3. The van der Waals surface area contributed by atoms with Crippen LogP contribution in [0.4, 0.5) is 0 Å². The molecule has 1 N–H and O–H groups in total. The molecule has 0 spiro atoms. The topological polar surface area (TPSA) is 73.0 Å². The first kappa shape index (κ1) is 18.8. The highest BCUT2D eigenvalue weighted by atomic mass is 32.1. The van der Waals surface area contributed by atoms with E-state index >= 15 is 0 Å². The van der Waals surface area contributed by atoms with Crippen LogP contribution in [0.2, 0.25) is 0 Å². The minimum absolute atomic E-state index is 0.00947. The van der Waals surface area contributed by atoms with Crippen molar-refractivity contribution in [2.45, 2.75) is 25.3 Å². The van der Waals surface area contributed by atoms with Gasteiger partial charge < -0.3 is 15.1 Å². The standard InChI is InChI=1S/C18H26N4O3S/c1-19-16(23)13-20-8-10-21(11-9-20)17(24)14-5-2-3-7-22(14)18(25)15-6-4-12-26-15/h4,6,12,14H,2-3,5,7-11,13H2,1H3,(H,19,23). The molecule has 26 heavy (non-hydrogen) atoms. The molecule has 2 aliphatic heterocycles. The van der Waals surface area contributed by atoms with Crippen molar-refractivity contribution in [3.05, 3.63) is 22.4 Å². The van der Waals surface area contributed by atoms with Crippen LogP contribution in [0.25, 0.3) is 0 Å². The van der Waals surface area contributed by atoms with Crippen molar-refractivity contribution in [1.82, 2.24) is 20.0 Å². The maximum atomic E-state index is 13.1. The van der Waals surface area contributed by atoms with Crippen LogP contribution in [0.1, 0.15) is 28.9 Å². The van der Waals surface area contributed by atoms with Gasteiger partial charge in [-0.3, -0.25) is 19.3 Å². The van der Waals surface area contributed by atoms with E-state index < -0.39 is 0 Å². The lowest BCUT2D eigenvalue weighted by atomic mass is 10.00. The van der Waals surface area contributed by atoms with Crippen LogP contribution in [-0.2, 0) is 9.59 Å². The molecule has 2 aliphatic rings. The molecule has 2 saturated heterocycles. The molecular formula is C18H26N4O3S. The molecule has 0 saturated carbocycles. The number of likely N-dealkylation sites (N-methyl/N-ethyl adjacent to an activating group) is 1. The number of carbonyl (C=O) groups is 3. The van der Waals surface area contributed by atoms with Crippen molar-refractivity contribution in [3.8, 4) is 0 Å². The summed E-state index contributed by atoms with van der Waals surface area (Å²) in [6.07, 6.45) is 2.65. The molecule has 0 bridgehead atoms. The zero-order valence-corrected chi connectivity index (χ0v) is 16.0. The fraction of sp³-hybridized carbons (Fsp3) is 0.611. The molecule has 1 unspecified atom stereocenters. The van der Waals surface area contributed by atoms with Crippen molar-refractivity contribution in [2.75, 3.05) is 46.3 Å². The highest BCUT2D eigenvalue weighted by Crippen LogP contribution is 2.23. The number of hydrogen-bond donors (Lipinski definition) is 1. The summed E-state index contributed by atoms with van der Waals surface area (Å²) in [4.78, 5) is 43.7. The van der Waals surface area contributed by atoms with E-state index in [1.807, 2.05) is 22.4 Å². The Kier molecular flexibility index (Phi) is 6.26. The van der Waals surface area contributed by atoms with Gasteiger partial charge in [0.1, 0.15) is 6.04 Å². The number of piperazine rings is 1. The lowest BCUT2D eigenvalue weighted by Crippen LogP contribution is -2.57. The Labute approximate surface area is 157 Å². The number of piperidine rings is 1. The van der Waals surface area contributed by atoms with E-state index in [1.54, 1.807) is 11.9 Å². The van der Waals surface area contributed by atoms with Gasteiger partial charge in [-0.2, -0.15) is 0 Å². The van der Waals surface area contributed by atoms with Gasteiger partial charge in [0.2, 0.25) is 11.8 Å². The summed E-state index contributed by atoms with van der Waals surface area (Å²) < 4.78 is 0. The van der Waals surface area contributed by atoms with Crippen LogP contribution in [0.15, 0.2) is 17.5 Å². The van der Waals surface area contributed by atoms with Crippen molar-refractivity contribution in [3.63, 3.8) is 0 Å². The molecule has 2 fully saturated rings. The third kappa shape index (κ3) is 4.24. The molecule has 142 valence electrons. The van der Waals surface area contributed by atoms with Crippen LogP contribution in [-0.4, -0.2) is 84.8 Å². The third-order valence-corrected chi connectivity index (χ3v) is 5.97. The number of rotatable bonds is 4. The highest BCUT2D eigenvalue weighted by Gasteiger charge is 2.36. The average Bonchev–Trinajstić information content (AvgIpc) is 3.22. The monoisotopic (exact) mass is 378 g/mol. The van der Waals surface area contributed by atoms with Crippen molar-refractivity contribution in [2.24, 2.45) is 0 Å². The normalized spacial score (nSPS) is 21.5. The Morgan fingerprint density at radius 2 is 1.92 bits per heavy atom. The Morgan fingerprint density at radius 3 is 2.58 bits per heavy atom. The highest BCUT2D eigenvalue weighted by molar-refractivity contribution is 7.12. The van der Waals surface area contributed by atoms with Gasteiger partial charge in [0.25, 0.3) is 5.91 Å². The number of likely N-dealkylation sites (tertiary alicyclic amines) is 1. The van der Waals surface area contributed by atoms with E-state index in [2.05, 4.69) is 10.2 Å². The lowest BCUT2D eigenvalue weighted by Gasteiger charge is -2.40. The molecule has 3 rings (SSSR count). The second-order valence-corrected chi connectivity index (χ2v) is 7.71. The minimum atomic E-state index is -0.358. The Balaban J connectivity index is 1.61. The number of nitrogens with zero attached hydrogens (tertiary/aromatic N) is 3. The maximum absolute atomic E-state index is 13.1. The third-order valence-electron chi connectivity index (χ3n) is 5.11. The van der Waals surface area contributed by atoms with Crippen molar-refractivity contribution >= 4 is 29.1 Å². The summed E-state index contributed by atoms with van der Waals surface area (Å²) >= 11 is 1.42. The van der Waals surface area contributed by atoms with E-state index in [-0.39, 0.29) is 23.8 Å². The summed E-state index contributed by atoms with van der Waals surface area (Å²) in [5.74, 6) is 0.00952. The molecule has 0 aromatic carbocycles. The van der Waals surface area contributed by atoms with Gasteiger partial charge in [-0.05, 0) is 30.7 Å². The first-order chi connectivity index (χ1) is 12.6. The van der Waals surface area contributed by atoms with E-state index in [1.165, 1.54) is 11.3 Å². The first-order valence-corrected chi connectivity index (χ1v) is 10.0. The SMILES string of the molecule is CNC(=O)CN1CCN(C(=O)C2CCCCN2C(=O)c2cccs2)CC1. The molecule has 0 radical (unpaired) electrons. The van der Waals surface area contributed by atoms with Gasteiger partial charge in [0.15, 0.2) is 0 Å². The van der Waals surface area contributed by atoms with Gasteiger partial charge >= 0.3 is 0 Å². The number of nitrogens with one attached hydrogen (secondary N) is 1. The van der Waals surface area contributed by atoms with Crippen LogP contribution >= 0.6 is 11.3 Å². The van der Waals surface area contributed by atoms with E-state index in [4.69, 9.17) is 0 Å². The fourth-order valence-electron chi connectivity index (χ4n) is 3.59. The van der Waals surface area contributed by atoms with Crippen LogP contribution in [0, 0.1) is 0 Å². The average molecular weight is 378 g/mol. The van der Waals surface area contributed by atoms with Crippen LogP contribution < -0.4 is 5.32 Å². The van der Waals surface area contributed by atoms with Crippen molar-refractivity contribution < 1.29 is 14.4 Å². The minimum Gasteiger partial charge on any atom is -0.358 e. The van der Waals surface area contributed by atoms with Crippen LogP contribution in [0.5, 0.6) is 0 Å². The number of thiophene rings is 1. The van der Waals surface area contributed by atoms with Gasteiger partial charge in [-0.25, -0.2) is 0 Å². The van der Waals surface area contributed by atoms with Gasteiger partial charge in [0.05, 0.1) is 11.4 Å². The molecule has 7 nitrogen and oxygen atoms in total. The zero-order chi connectivity index (χ0) is 18.5. The Hall–Kier alpha value is -1.93. The largest absolute Gasteiger partial charge is 0.358 e. The van der Waals surface area contributed by atoms with Crippen LogP contribution in [0.3, 0.4) is 0 Å². The molecule has 1 aromatic heterocycles. The summed E-state index contributed by atoms with van der Waals surface area (Å²) in [7, 11) is 1.63. The number of carbonyl (C=O) groups excluding carboxylic acids is 3. The van der Waals surface area contributed by atoms with Gasteiger partial charge in [-0.15, -0.1) is 11.3 Å². The molecule has 8 heteroatoms. The summed E-state index contributed by atoms with van der Waals surface area (Å²) in [6, 6.07) is 3.33. The molecule has 0 aliphatic carbocycles. The quantitative estimate of drug-likeness (QED) is 0.834. The lowest BCUT2D eigenvalue weighted by molar-refractivity contribution is -0.139. The number of hydrogen-bond acceptors (Lipinski definition) is 5. The fourth-order valence-corrected chi connectivity index (χ4v) is 4.27. The summed E-state index contributed by atoms with van der Waals surface area (Å²) in [5, 5.41) is 4.51. The second-order valence-electron chi connectivity index (χ2n) is 6.76. The smallest absolute Gasteiger partial charge is 0.264 e. The van der Waals surface area contributed by atoms with Crippen molar-refractivity contribution in [1.29, 1.82) is 0 Å². The summed E-state index contributed by atoms with van der Waals surface area (Å²) in [6.45, 7) is 3.59. The van der Waals surface area contributed by atoms with Gasteiger partial charge in [0, 0.05) is 39.8 Å². The van der Waals surface area contributed by atoms with E-state index in [0.717, 1.165) is 19.3 Å². The van der Waals surface area contributed by atoms with E-state index in [9.17, 15) is 14.4 Å². The Bertz CT molecular complexity index is 641. The predicted octanol–water partition coefficient (Wildman–Crippen LogP) is 0.633. The molecule has 1 aromatic rings.